The van der Waals surface area contributed by atoms with Gasteiger partial charge in [0.15, 0.2) is 0 Å². The zero-order valence-electron chi connectivity index (χ0n) is 8.32. The molecule has 1 aliphatic carbocycles. The van der Waals surface area contributed by atoms with Crippen LogP contribution in [0.15, 0.2) is 18.2 Å². The van der Waals surface area contributed by atoms with E-state index >= 15 is 0 Å². The van der Waals surface area contributed by atoms with E-state index in [2.05, 4.69) is 0 Å². The molecular formula is C12H13FO2. The lowest BCUT2D eigenvalue weighted by Crippen LogP contribution is -1.97. The molecule has 15 heavy (non-hydrogen) atoms. The molecule has 0 bridgehead atoms. The van der Waals surface area contributed by atoms with Crippen LogP contribution in [-0.4, -0.2) is 18.0 Å². The van der Waals surface area contributed by atoms with Gasteiger partial charge in [-0.15, -0.1) is 0 Å². The Balaban J connectivity index is 2.19. The second-order valence-corrected chi connectivity index (χ2v) is 3.97. The quantitative estimate of drug-likeness (QED) is 0.764. The molecule has 0 radical (unpaired) electrons. The largest absolute Gasteiger partial charge is 0.396 e. The Hall–Kier alpha value is -1.22. The summed E-state index contributed by atoms with van der Waals surface area (Å²) < 4.78 is 13.2. The van der Waals surface area contributed by atoms with Crippen LogP contribution >= 0.6 is 0 Å². The predicted octanol–water partition coefficient (Wildman–Crippen LogP) is 1.66. The molecule has 2 atom stereocenters. The van der Waals surface area contributed by atoms with Crippen LogP contribution in [0.4, 0.5) is 4.39 Å². The Morgan fingerprint density at radius 2 is 2.33 bits per heavy atom. The van der Waals surface area contributed by atoms with Crippen LogP contribution in [-0.2, 0) is 11.2 Å². The number of aliphatic hydroxyl groups is 1. The van der Waals surface area contributed by atoms with Crippen LogP contribution in [0, 0.1) is 11.7 Å². The van der Waals surface area contributed by atoms with E-state index in [0.29, 0.717) is 12.0 Å². The maximum atomic E-state index is 13.2. The molecule has 0 amide bonds. The maximum absolute atomic E-state index is 13.2. The third kappa shape index (κ3) is 2.07. The van der Waals surface area contributed by atoms with Crippen molar-refractivity contribution in [3.63, 3.8) is 0 Å². The molecule has 1 aliphatic rings. The summed E-state index contributed by atoms with van der Waals surface area (Å²) in [5.41, 5.74) is 1.54. The lowest BCUT2D eigenvalue weighted by atomic mass is 10.0. The summed E-state index contributed by atoms with van der Waals surface area (Å²) in [4.78, 5) is 10.5. The van der Waals surface area contributed by atoms with Gasteiger partial charge in [-0.05, 0) is 36.0 Å². The zero-order chi connectivity index (χ0) is 10.8. The molecular weight excluding hydrogens is 195 g/mol. The number of carbonyl (C=O) groups excluding carboxylic acids is 1. The summed E-state index contributed by atoms with van der Waals surface area (Å²) in [6.45, 7) is -0.0534. The van der Waals surface area contributed by atoms with Crippen molar-refractivity contribution in [1.29, 1.82) is 0 Å². The average Bonchev–Trinajstić information content (AvgIpc) is 3.01. The molecule has 3 heteroatoms. The van der Waals surface area contributed by atoms with Crippen molar-refractivity contribution < 1.29 is 14.3 Å². The molecule has 2 unspecified atom stereocenters. The predicted molar refractivity (Wildman–Crippen MR) is 54.1 cm³/mol. The third-order valence-corrected chi connectivity index (χ3v) is 2.89. The van der Waals surface area contributed by atoms with Gasteiger partial charge in [0, 0.05) is 12.5 Å². The molecule has 0 aromatic heterocycles. The van der Waals surface area contributed by atoms with Crippen molar-refractivity contribution >= 4 is 6.29 Å². The Morgan fingerprint density at radius 1 is 1.53 bits per heavy atom. The summed E-state index contributed by atoms with van der Waals surface area (Å²) in [5.74, 6) is 0.0917. The molecule has 2 nitrogen and oxygen atoms in total. The van der Waals surface area contributed by atoms with Crippen LogP contribution in [0.25, 0.3) is 0 Å². The van der Waals surface area contributed by atoms with Gasteiger partial charge in [0.05, 0.1) is 0 Å². The number of halogens is 1. The van der Waals surface area contributed by atoms with Gasteiger partial charge in [0.25, 0.3) is 0 Å². The number of benzene rings is 1. The number of aldehydes is 1. The van der Waals surface area contributed by atoms with Crippen molar-refractivity contribution in [3.8, 4) is 0 Å². The second-order valence-electron chi connectivity index (χ2n) is 3.97. The van der Waals surface area contributed by atoms with Crippen molar-refractivity contribution in [2.24, 2.45) is 5.92 Å². The Kier molecular flexibility index (Phi) is 2.82. The molecule has 1 saturated carbocycles. The highest BCUT2D eigenvalue weighted by molar-refractivity contribution is 5.61. The fraction of sp³-hybridized carbons (Fsp3) is 0.417. The van der Waals surface area contributed by atoms with E-state index in [1.807, 2.05) is 0 Å². The first-order valence-electron chi connectivity index (χ1n) is 5.10. The van der Waals surface area contributed by atoms with Gasteiger partial charge in [0.1, 0.15) is 12.1 Å². The Labute approximate surface area is 87.7 Å². The molecule has 0 heterocycles. The Bertz CT molecular complexity index is 376. The lowest BCUT2D eigenvalue weighted by Gasteiger charge is -2.04. The minimum absolute atomic E-state index is 0.0534. The van der Waals surface area contributed by atoms with E-state index in [-0.39, 0.29) is 24.3 Å². The van der Waals surface area contributed by atoms with E-state index in [1.54, 1.807) is 12.1 Å². The van der Waals surface area contributed by atoms with E-state index in [9.17, 15) is 9.18 Å². The highest BCUT2D eigenvalue weighted by atomic mass is 19.1. The van der Waals surface area contributed by atoms with Crippen LogP contribution < -0.4 is 0 Å². The average molecular weight is 208 g/mol. The second kappa shape index (κ2) is 4.11. The van der Waals surface area contributed by atoms with Gasteiger partial charge in [-0.3, -0.25) is 0 Å². The number of carbonyl (C=O) groups is 1. The molecule has 1 fully saturated rings. The van der Waals surface area contributed by atoms with Crippen molar-refractivity contribution in [2.75, 3.05) is 6.61 Å². The van der Waals surface area contributed by atoms with E-state index in [4.69, 9.17) is 5.11 Å². The monoisotopic (exact) mass is 208 g/mol. The zero-order valence-corrected chi connectivity index (χ0v) is 8.32. The van der Waals surface area contributed by atoms with Gasteiger partial charge in [-0.1, -0.05) is 12.1 Å². The highest BCUT2D eigenvalue weighted by Crippen LogP contribution is 2.46. The van der Waals surface area contributed by atoms with Gasteiger partial charge in [-0.2, -0.15) is 0 Å². The van der Waals surface area contributed by atoms with E-state index in [0.717, 1.165) is 18.3 Å². The smallest absolute Gasteiger partial charge is 0.126 e. The number of aliphatic hydroxyl groups excluding tert-OH is 1. The summed E-state index contributed by atoms with van der Waals surface area (Å²) >= 11 is 0. The van der Waals surface area contributed by atoms with E-state index in [1.165, 1.54) is 6.07 Å². The standard InChI is InChI=1S/C12H13FO2/c13-12-2-1-8(5-9(12)3-4-14)11-6-10(11)7-15/h1-2,5,7,10-11,14H,3-4,6H2. The lowest BCUT2D eigenvalue weighted by molar-refractivity contribution is -0.108. The van der Waals surface area contributed by atoms with Crippen molar-refractivity contribution in [2.45, 2.75) is 18.8 Å². The van der Waals surface area contributed by atoms with Crippen LogP contribution in [0.1, 0.15) is 23.5 Å². The SMILES string of the molecule is O=CC1CC1c1ccc(F)c(CCO)c1. The Morgan fingerprint density at radius 3 is 2.93 bits per heavy atom. The highest BCUT2D eigenvalue weighted by Gasteiger charge is 2.38. The minimum Gasteiger partial charge on any atom is -0.396 e. The summed E-state index contributed by atoms with van der Waals surface area (Å²) in [6.07, 6.45) is 2.16. The van der Waals surface area contributed by atoms with Crippen molar-refractivity contribution in [3.05, 3.63) is 35.1 Å². The van der Waals surface area contributed by atoms with Crippen LogP contribution in [0.2, 0.25) is 0 Å². The van der Waals surface area contributed by atoms with Gasteiger partial charge in [0.2, 0.25) is 0 Å². The first-order valence-corrected chi connectivity index (χ1v) is 5.10. The molecule has 0 spiro atoms. The molecule has 0 aliphatic heterocycles. The fourth-order valence-corrected chi connectivity index (χ4v) is 1.89. The van der Waals surface area contributed by atoms with Gasteiger partial charge < -0.3 is 9.90 Å². The summed E-state index contributed by atoms with van der Waals surface area (Å²) in [7, 11) is 0. The molecule has 0 saturated heterocycles. The topological polar surface area (TPSA) is 37.3 Å². The third-order valence-electron chi connectivity index (χ3n) is 2.89. The van der Waals surface area contributed by atoms with Crippen LogP contribution in [0.3, 0.4) is 0 Å². The summed E-state index contributed by atoms with van der Waals surface area (Å²) in [6, 6.07) is 4.91. The number of hydrogen-bond donors (Lipinski definition) is 1. The van der Waals surface area contributed by atoms with Crippen molar-refractivity contribution in [1.82, 2.24) is 0 Å². The summed E-state index contributed by atoms with van der Waals surface area (Å²) in [5, 5.41) is 8.76. The first kappa shape index (κ1) is 10.3. The van der Waals surface area contributed by atoms with Gasteiger partial charge >= 0.3 is 0 Å². The molecule has 80 valence electrons. The first-order chi connectivity index (χ1) is 7.26. The maximum Gasteiger partial charge on any atom is 0.126 e. The molecule has 1 aromatic rings. The number of rotatable bonds is 4. The molecule has 1 aromatic carbocycles. The normalized spacial score (nSPS) is 23.9. The van der Waals surface area contributed by atoms with Gasteiger partial charge in [-0.25, -0.2) is 4.39 Å². The molecule has 1 N–H and O–H groups in total. The molecule has 2 rings (SSSR count). The minimum atomic E-state index is -0.281. The van der Waals surface area contributed by atoms with E-state index < -0.39 is 0 Å². The van der Waals surface area contributed by atoms with Crippen LogP contribution in [0.5, 0.6) is 0 Å². The number of hydrogen-bond acceptors (Lipinski definition) is 2. The fourth-order valence-electron chi connectivity index (χ4n) is 1.89.